The predicted octanol–water partition coefficient (Wildman–Crippen LogP) is 2.48. The van der Waals surface area contributed by atoms with Gasteiger partial charge in [-0.1, -0.05) is 38.9 Å². The Kier molecular flexibility index (Phi) is 4.16. The van der Waals surface area contributed by atoms with Gasteiger partial charge in [-0.2, -0.15) is 0 Å². The Bertz CT molecular complexity index is 574. The van der Waals surface area contributed by atoms with Crippen molar-refractivity contribution >= 4 is 33.5 Å². The molecule has 0 aliphatic heterocycles. The maximum Gasteiger partial charge on any atom is 0.190 e. The third kappa shape index (κ3) is 3.21. The first kappa shape index (κ1) is 12.8. The quantitative estimate of drug-likeness (QED) is 0.392. The fourth-order valence-electron chi connectivity index (χ4n) is 1.20. The molecule has 5 nitrogen and oxygen atoms in total. The smallest absolute Gasteiger partial charge is 0.190 e. The largest absolute Gasteiger partial charge is 0.409 e. The highest BCUT2D eigenvalue weighted by molar-refractivity contribution is 9.10. The van der Waals surface area contributed by atoms with Crippen LogP contribution in [-0.4, -0.2) is 21.0 Å². The number of nitrogens with zero attached hydrogens (tertiary/aromatic N) is 3. The van der Waals surface area contributed by atoms with Crippen LogP contribution in [0.15, 0.2) is 56.2 Å². The van der Waals surface area contributed by atoms with Crippen LogP contribution in [0.5, 0.6) is 0 Å². The Labute approximate surface area is 116 Å². The second-order valence-electron chi connectivity index (χ2n) is 3.28. The Balaban J connectivity index is 2.16. The monoisotopic (exact) mass is 324 g/mol. The number of nitrogens with two attached hydrogens (primary N) is 1. The number of amidine groups is 1. The molecule has 1 aromatic heterocycles. The molecule has 2 rings (SSSR count). The molecule has 0 spiro atoms. The minimum atomic E-state index is -0.0542. The van der Waals surface area contributed by atoms with Gasteiger partial charge in [-0.05, 0) is 18.2 Å². The van der Waals surface area contributed by atoms with Gasteiger partial charge in [0.25, 0.3) is 0 Å². The van der Waals surface area contributed by atoms with Crippen molar-refractivity contribution in [3.63, 3.8) is 0 Å². The summed E-state index contributed by atoms with van der Waals surface area (Å²) in [4.78, 5) is 9.29. The summed E-state index contributed by atoms with van der Waals surface area (Å²) in [5.41, 5.74) is 5.74. The van der Waals surface area contributed by atoms with Crippen molar-refractivity contribution in [3.05, 3.63) is 46.8 Å². The van der Waals surface area contributed by atoms with Crippen molar-refractivity contribution in [3.8, 4) is 0 Å². The fourth-order valence-corrected chi connectivity index (χ4v) is 2.54. The number of hydrogen-bond acceptors (Lipinski definition) is 5. The summed E-state index contributed by atoms with van der Waals surface area (Å²) >= 11 is 4.89. The van der Waals surface area contributed by atoms with Crippen molar-refractivity contribution in [2.24, 2.45) is 10.9 Å². The molecule has 0 saturated heterocycles. The van der Waals surface area contributed by atoms with Gasteiger partial charge in [0.1, 0.15) is 10.7 Å². The maximum absolute atomic E-state index is 8.51. The van der Waals surface area contributed by atoms with E-state index in [4.69, 9.17) is 10.9 Å². The molecule has 0 bridgehead atoms. The summed E-state index contributed by atoms with van der Waals surface area (Å²) in [6.07, 6.45) is 3.05. The zero-order chi connectivity index (χ0) is 13.0. The number of hydrogen-bond donors (Lipinski definition) is 2. The molecular formula is C11H9BrN4OS. The van der Waals surface area contributed by atoms with E-state index in [1.54, 1.807) is 6.20 Å². The summed E-state index contributed by atoms with van der Waals surface area (Å²) in [5.74, 6) is -0.0542. The first-order valence-electron chi connectivity index (χ1n) is 4.92. The standard InChI is InChI=1S/C11H9BrN4OS/c12-7-2-1-3-8(4-7)18-10-6-14-9(5-15-10)11(13)16-17/h1-6,17H,(H2,13,16). The van der Waals surface area contributed by atoms with Crippen LogP contribution in [0, 0.1) is 0 Å². The van der Waals surface area contributed by atoms with Crippen molar-refractivity contribution in [1.82, 2.24) is 9.97 Å². The van der Waals surface area contributed by atoms with Crippen molar-refractivity contribution in [2.45, 2.75) is 9.92 Å². The van der Waals surface area contributed by atoms with Crippen LogP contribution in [0.3, 0.4) is 0 Å². The minimum Gasteiger partial charge on any atom is -0.409 e. The highest BCUT2D eigenvalue weighted by atomic mass is 79.9. The molecule has 7 heteroatoms. The molecule has 0 saturated carbocycles. The van der Waals surface area contributed by atoms with Gasteiger partial charge in [0.05, 0.1) is 12.4 Å². The maximum atomic E-state index is 8.51. The average Bonchev–Trinajstić information content (AvgIpc) is 2.39. The Morgan fingerprint density at radius 3 is 2.78 bits per heavy atom. The van der Waals surface area contributed by atoms with Crippen LogP contribution in [0.2, 0.25) is 0 Å². The SMILES string of the molecule is NC(=NO)c1cnc(Sc2cccc(Br)c2)cn1. The zero-order valence-electron chi connectivity index (χ0n) is 9.12. The zero-order valence-corrected chi connectivity index (χ0v) is 11.5. The van der Waals surface area contributed by atoms with Gasteiger partial charge >= 0.3 is 0 Å². The van der Waals surface area contributed by atoms with Crippen LogP contribution >= 0.6 is 27.7 Å². The summed E-state index contributed by atoms with van der Waals surface area (Å²) in [5, 5.41) is 12.1. The lowest BCUT2D eigenvalue weighted by Gasteiger charge is -2.02. The van der Waals surface area contributed by atoms with Gasteiger partial charge in [-0.25, -0.2) is 9.97 Å². The molecule has 0 amide bonds. The number of aromatic nitrogens is 2. The van der Waals surface area contributed by atoms with E-state index in [9.17, 15) is 0 Å². The lowest BCUT2D eigenvalue weighted by atomic mass is 10.4. The highest BCUT2D eigenvalue weighted by Gasteiger charge is 2.04. The summed E-state index contributed by atoms with van der Waals surface area (Å²) in [6, 6.07) is 7.88. The molecule has 92 valence electrons. The topological polar surface area (TPSA) is 84.4 Å². The molecule has 0 aliphatic rings. The predicted molar refractivity (Wildman–Crippen MR) is 72.8 cm³/mol. The van der Waals surface area contributed by atoms with Gasteiger partial charge in [0.2, 0.25) is 0 Å². The summed E-state index contributed by atoms with van der Waals surface area (Å²) in [7, 11) is 0. The molecular weight excluding hydrogens is 316 g/mol. The lowest BCUT2D eigenvalue weighted by molar-refractivity contribution is 0.318. The highest BCUT2D eigenvalue weighted by Crippen LogP contribution is 2.27. The third-order valence-electron chi connectivity index (χ3n) is 2.02. The number of rotatable bonds is 3. The van der Waals surface area contributed by atoms with Gasteiger partial charge < -0.3 is 10.9 Å². The van der Waals surface area contributed by atoms with E-state index < -0.39 is 0 Å². The molecule has 0 unspecified atom stereocenters. The first-order valence-corrected chi connectivity index (χ1v) is 6.53. The van der Waals surface area contributed by atoms with Crippen molar-refractivity contribution in [2.75, 3.05) is 0 Å². The number of oxime groups is 1. The normalized spacial score (nSPS) is 11.5. The first-order chi connectivity index (χ1) is 8.69. The van der Waals surface area contributed by atoms with Crippen molar-refractivity contribution in [1.29, 1.82) is 0 Å². The second-order valence-corrected chi connectivity index (χ2v) is 5.29. The third-order valence-corrected chi connectivity index (χ3v) is 3.42. The second kappa shape index (κ2) is 5.83. The molecule has 0 radical (unpaired) electrons. The average molecular weight is 325 g/mol. The van der Waals surface area contributed by atoms with Crippen LogP contribution < -0.4 is 5.73 Å². The Morgan fingerprint density at radius 2 is 2.17 bits per heavy atom. The van der Waals surface area contributed by atoms with Crippen LogP contribution in [0.1, 0.15) is 5.69 Å². The van der Waals surface area contributed by atoms with Gasteiger partial charge in [0, 0.05) is 9.37 Å². The van der Waals surface area contributed by atoms with Crippen LogP contribution in [-0.2, 0) is 0 Å². The lowest BCUT2D eigenvalue weighted by Crippen LogP contribution is -2.15. The molecule has 0 fully saturated rings. The fraction of sp³-hybridized carbons (Fsp3) is 0. The summed E-state index contributed by atoms with van der Waals surface area (Å²) in [6.45, 7) is 0. The molecule has 2 aromatic rings. The number of benzene rings is 1. The molecule has 1 heterocycles. The molecule has 1 aromatic carbocycles. The summed E-state index contributed by atoms with van der Waals surface area (Å²) < 4.78 is 1.01. The van der Waals surface area contributed by atoms with Crippen molar-refractivity contribution < 1.29 is 5.21 Å². The molecule has 3 N–H and O–H groups in total. The molecule has 0 atom stereocenters. The van der Waals surface area contributed by atoms with E-state index in [1.807, 2.05) is 24.3 Å². The van der Waals surface area contributed by atoms with E-state index in [1.165, 1.54) is 18.0 Å². The van der Waals surface area contributed by atoms with Gasteiger partial charge in [-0.15, -0.1) is 0 Å². The van der Waals surface area contributed by atoms with E-state index in [0.717, 1.165) is 14.4 Å². The van der Waals surface area contributed by atoms with E-state index in [-0.39, 0.29) is 5.84 Å². The van der Waals surface area contributed by atoms with Crippen LogP contribution in [0.4, 0.5) is 0 Å². The van der Waals surface area contributed by atoms with Gasteiger partial charge in [0.15, 0.2) is 5.84 Å². The van der Waals surface area contributed by atoms with Crippen LogP contribution in [0.25, 0.3) is 0 Å². The minimum absolute atomic E-state index is 0.0542. The molecule has 18 heavy (non-hydrogen) atoms. The Hall–Kier alpha value is -1.60. The van der Waals surface area contributed by atoms with E-state index in [0.29, 0.717) is 5.69 Å². The van der Waals surface area contributed by atoms with Gasteiger partial charge in [-0.3, -0.25) is 0 Å². The molecule has 0 aliphatic carbocycles. The number of halogens is 1. The van der Waals surface area contributed by atoms with E-state index in [2.05, 4.69) is 31.1 Å². The van der Waals surface area contributed by atoms with E-state index >= 15 is 0 Å². The Morgan fingerprint density at radius 1 is 1.33 bits per heavy atom.